The Morgan fingerprint density at radius 1 is 1.23 bits per heavy atom. The van der Waals surface area contributed by atoms with Crippen molar-refractivity contribution in [3.05, 3.63) is 74.2 Å². The lowest BCUT2D eigenvalue weighted by molar-refractivity contribution is 0.306. The van der Waals surface area contributed by atoms with E-state index in [2.05, 4.69) is 15.6 Å². The molecule has 136 valence electrons. The van der Waals surface area contributed by atoms with Crippen molar-refractivity contribution < 1.29 is 4.74 Å². The summed E-state index contributed by atoms with van der Waals surface area (Å²) in [5.41, 5.74) is 5.22. The summed E-state index contributed by atoms with van der Waals surface area (Å²) < 4.78 is 8.19. The number of H-pyrrole nitrogens is 1. The van der Waals surface area contributed by atoms with Gasteiger partial charge in [-0.3, -0.25) is 5.10 Å². The third-order valence-corrected chi connectivity index (χ3v) is 4.67. The van der Waals surface area contributed by atoms with Crippen LogP contribution >= 0.6 is 35.4 Å². The number of nitrogens with zero attached hydrogens (tertiary/aromatic N) is 2. The monoisotopic (exact) mass is 408 g/mol. The molecule has 0 spiro atoms. The Labute approximate surface area is 166 Å². The van der Waals surface area contributed by atoms with E-state index in [-0.39, 0.29) is 0 Å². The fourth-order valence-corrected chi connectivity index (χ4v) is 3.12. The Morgan fingerprint density at radius 3 is 2.85 bits per heavy atom. The largest absolute Gasteiger partial charge is 0.489 e. The van der Waals surface area contributed by atoms with Crippen LogP contribution in [0, 0.1) is 4.77 Å². The molecule has 0 amide bonds. The quantitative estimate of drug-likeness (QED) is 0.531. The minimum atomic E-state index is 0.375. The smallest absolute Gasteiger partial charge is 0.214 e. The van der Waals surface area contributed by atoms with Gasteiger partial charge in [0.05, 0.1) is 6.54 Å². The zero-order valence-electron chi connectivity index (χ0n) is 14.1. The van der Waals surface area contributed by atoms with Gasteiger partial charge in [-0.05, 0) is 42.0 Å². The molecule has 26 heavy (non-hydrogen) atoms. The van der Waals surface area contributed by atoms with Gasteiger partial charge >= 0.3 is 0 Å². The Hall–Kier alpha value is -2.02. The summed E-state index contributed by atoms with van der Waals surface area (Å²) in [6.45, 7) is 3.00. The normalized spacial score (nSPS) is 10.7. The van der Waals surface area contributed by atoms with E-state index in [0.717, 1.165) is 29.1 Å². The van der Waals surface area contributed by atoms with E-state index in [9.17, 15) is 0 Å². The number of nitrogens with one attached hydrogen (secondary N) is 2. The predicted octanol–water partition coefficient (Wildman–Crippen LogP) is 5.13. The number of aryl methyl sites for hydroxylation is 1. The average Bonchev–Trinajstić information content (AvgIpc) is 2.99. The van der Waals surface area contributed by atoms with Gasteiger partial charge in [0.25, 0.3) is 0 Å². The molecule has 8 heteroatoms. The Balaban J connectivity index is 1.64. The number of halogens is 2. The number of aromatic amines is 1. The van der Waals surface area contributed by atoms with Gasteiger partial charge in [-0.2, -0.15) is 5.10 Å². The van der Waals surface area contributed by atoms with Crippen molar-refractivity contribution in [2.45, 2.75) is 26.5 Å². The van der Waals surface area contributed by atoms with Gasteiger partial charge in [0, 0.05) is 22.0 Å². The second kappa shape index (κ2) is 8.58. The van der Waals surface area contributed by atoms with Crippen LogP contribution in [0.3, 0.4) is 0 Å². The predicted molar refractivity (Wildman–Crippen MR) is 107 cm³/mol. The third kappa shape index (κ3) is 4.58. The van der Waals surface area contributed by atoms with E-state index in [1.54, 1.807) is 16.8 Å². The lowest BCUT2D eigenvalue weighted by atomic mass is 10.2. The molecule has 0 saturated heterocycles. The summed E-state index contributed by atoms with van der Waals surface area (Å²) in [5.74, 6) is 1.63. The second-order valence-corrected chi connectivity index (χ2v) is 6.87. The van der Waals surface area contributed by atoms with Gasteiger partial charge in [-0.25, -0.2) is 4.68 Å². The van der Waals surface area contributed by atoms with E-state index in [4.69, 9.17) is 40.2 Å². The minimum absolute atomic E-state index is 0.375. The molecule has 0 bridgehead atoms. The molecule has 0 fully saturated rings. The van der Waals surface area contributed by atoms with E-state index in [1.165, 1.54) is 0 Å². The highest BCUT2D eigenvalue weighted by atomic mass is 35.5. The van der Waals surface area contributed by atoms with E-state index < -0.39 is 0 Å². The summed E-state index contributed by atoms with van der Waals surface area (Å²) in [6.07, 6.45) is 0.783. The molecule has 2 aromatic carbocycles. The van der Waals surface area contributed by atoms with Crippen LogP contribution in [0.2, 0.25) is 10.0 Å². The maximum atomic E-state index is 6.18. The number of benzene rings is 2. The lowest BCUT2D eigenvalue weighted by Crippen LogP contribution is -2.17. The second-order valence-electron chi connectivity index (χ2n) is 5.64. The van der Waals surface area contributed by atoms with Crippen LogP contribution < -0.4 is 10.2 Å². The van der Waals surface area contributed by atoms with Crippen LogP contribution in [0.5, 0.6) is 5.75 Å². The molecule has 0 unspecified atom stereocenters. The Bertz CT molecular complexity index is 954. The number of rotatable bonds is 7. The van der Waals surface area contributed by atoms with Gasteiger partial charge in [-0.15, -0.1) is 0 Å². The summed E-state index contributed by atoms with van der Waals surface area (Å²) in [7, 11) is 0. The van der Waals surface area contributed by atoms with Gasteiger partial charge in [-0.1, -0.05) is 48.3 Å². The molecule has 0 aliphatic rings. The first kappa shape index (κ1) is 18.8. The SMILES string of the molecule is CCc1n[nH]c(=S)n1NCc1cccc(OCc2ccc(Cl)cc2Cl)c1. The molecule has 1 heterocycles. The zero-order chi connectivity index (χ0) is 18.5. The van der Waals surface area contributed by atoms with Crippen molar-refractivity contribution in [1.82, 2.24) is 14.9 Å². The van der Waals surface area contributed by atoms with E-state index in [1.807, 2.05) is 37.3 Å². The Morgan fingerprint density at radius 2 is 2.08 bits per heavy atom. The highest BCUT2D eigenvalue weighted by molar-refractivity contribution is 7.71. The summed E-state index contributed by atoms with van der Waals surface area (Å²) >= 11 is 17.3. The number of ether oxygens (including phenoxy) is 1. The van der Waals surface area contributed by atoms with Crippen molar-refractivity contribution in [3.63, 3.8) is 0 Å². The standard InChI is InChI=1S/C18H18Cl2N4OS/c1-2-17-22-23-18(26)24(17)21-10-12-4-3-5-15(8-12)25-11-13-6-7-14(19)9-16(13)20/h3-9,21H,2,10-11H2,1H3,(H,23,26). The fourth-order valence-electron chi connectivity index (χ4n) is 2.45. The molecular weight excluding hydrogens is 391 g/mol. The molecular formula is C18H18Cl2N4OS. The van der Waals surface area contributed by atoms with Crippen LogP contribution in [0.1, 0.15) is 23.9 Å². The molecule has 3 rings (SSSR count). The van der Waals surface area contributed by atoms with Crippen molar-refractivity contribution in [1.29, 1.82) is 0 Å². The van der Waals surface area contributed by atoms with E-state index in [0.29, 0.717) is 28.0 Å². The first-order chi connectivity index (χ1) is 12.6. The van der Waals surface area contributed by atoms with Crippen LogP contribution in [0.4, 0.5) is 0 Å². The molecule has 0 aliphatic carbocycles. The van der Waals surface area contributed by atoms with Crippen LogP contribution in [0.15, 0.2) is 42.5 Å². The summed E-state index contributed by atoms with van der Waals surface area (Å²) in [6, 6.07) is 13.2. The fraction of sp³-hybridized carbons (Fsp3) is 0.222. The van der Waals surface area contributed by atoms with Gasteiger partial charge in [0.1, 0.15) is 12.4 Å². The van der Waals surface area contributed by atoms with Gasteiger partial charge in [0.2, 0.25) is 4.77 Å². The molecule has 0 saturated carbocycles. The zero-order valence-corrected chi connectivity index (χ0v) is 16.5. The van der Waals surface area contributed by atoms with E-state index >= 15 is 0 Å². The molecule has 0 radical (unpaired) electrons. The number of hydrogen-bond donors (Lipinski definition) is 2. The molecule has 0 aliphatic heterocycles. The van der Waals surface area contributed by atoms with Crippen molar-refractivity contribution in [2.24, 2.45) is 0 Å². The van der Waals surface area contributed by atoms with Crippen LogP contribution in [0.25, 0.3) is 0 Å². The molecule has 3 aromatic rings. The third-order valence-electron chi connectivity index (χ3n) is 3.81. The lowest BCUT2D eigenvalue weighted by Gasteiger charge is -2.12. The molecule has 2 N–H and O–H groups in total. The topological polar surface area (TPSA) is 54.9 Å². The maximum Gasteiger partial charge on any atom is 0.214 e. The first-order valence-electron chi connectivity index (χ1n) is 8.12. The van der Waals surface area contributed by atoms with Crippen LogP contribution in [-0.4, -0.2) is 14.9 Å². The average molecular weight is 409 g/mol. The van der Waals surface area contributed by atoms with Crippen molar-refractivity contribution in [2.75, 3.05) is 5.43 Å². The molecule has 0 atom stereocenters. The van der Waals surface area contributed by atoms with Crippen LogP contribution in [-0.2, 0) is 19.6 Å². The van der Waals surface area contributed by atoms with Crippen molar-refractivity contribution in [3.8, 4) is 5.75 Å². The van der Waals surface area contributed by atoms with Gasteiger partial charge < -0.3 is 10.2 Å². The number of hydrogen-bond acceptors (Lipinski definition) is 4. The highest BCUT2D eigenvalue weighted by Gasteiger charge is 2.05. The van der Waals surface area contributed by atoms with Crippen molar-refractivity contribution >= 4 is 35.4 Å². The highest BCUT2D eigenvalue weighted by Crippen LogP contribution is 2.23. The van der Waals surface area contributed by atoms with Gasteiger partial charge in [0.15, 0.2) is 5.82 Å². The molecule has 1 aromatic heterocycles. The summed E-state index contributed by atoms with van der Waals surface area (Å²) in [4.78, 5) is 0. The number of aromatic nitrogens is 3. The Kier molecular flexibility index (Phi) is 6.19. The maximum absolute atomic E-state index is 6.18. The minimum Gasteiger partial charge on any atom is -0.489 e. The first-order valence-corrected chi connectivity index (χ1v) is 9.29. The molecule has 5 nitrogen and oxygen atoms in total. The summed E-state index contributed by atoms with van der Waals surface area (Å²) in [5, 5.41) is 8.17.